The van der Waals surface area contributed by atoms with E-state index < -0.39 is 10.5 Å². The van der Waals surface area contributed by atoms with Crippen molar-refractivity contribution in [3.05, 3.63) is 102 Å². The van der Waals surface area contributed by atoms with Crippen molar-refractivity contribution >= 4 is 57.7 Å². The first kappa shape index (κ1) is 27.6. The molecule has 4 aromatic rings. The second-order valence-electron chi connectivity index (χ2n) is 9.02. The van der Waals surface area contributed by atoms with Crippen LogP contribution in [0.4, 0.5) is 22.9 Å². The minimum Gasteiger partial charge on any atom is -0.497 e. The molecule has 0 saturated carbocycles. The first-order chi connectivity index (χ1) is 19.3. The van der Waals surface area contributed by atoms with Gasteiger partial charge in [0.2, 0.25) is 0 Å². The summed E-state index contributed by atoms with van der Waals surface area (Å²) in [5, 5.41) is 20.1. The number of pyridine rings is 1. The monoisotopic (exact) mass is 597 g/mol. The number of azo groups is 1. The number of rotatable bonds is 7. The van der Waals surface area contributed by atoms with E-state index in [1.165, 1.54) is 0 Å². The van der Waals surface area contributed by atoms with Crippen molar-refractivity contribution in [2.75, 3.05) is 25.1 Å². The minimum absolute atomic E-state index is 0.00643. The van der Waals surface area contributed by atoms with Crippen molar-refractivity contribution < 1.29 is 9.66 Å². The summed E-state index contributed by atoms with van der Waals surface area (Å²) in [4.78, 5) is 27.0. The van der Waals surface area contributed by atoms with E-state index in [0.29, 0.717) is 33.4 Å². The van der Waals surface area contributed by atoms with Gasteiger partial charge in [0.1, 0.15) is 17.3 Å². The number of halogens is 3. The van der Waals surface area contributed by atoms with Crippen molar-refractivity contribution in [2.45, 2.75) is 12.8 Å². The van der Waals surface area contributed by atoms with Gasteiger partial charge in [0, 0.05) is 35.8 Å². The SMILES string of the molecule is COc1ccc(-c2cc(N3CCCC3)n(-c3cccc(Cl)c3)c(=O)c2N=Nc2c(Cl)cc([N+](=O)[O-])cc2Cl)cc1. The second kappa shape index (κ2) is 11.7. The summed E-state index contributed by atoms with van der Waals surface area (Å²) in [6.07, 6.45) is 2.00. The molecule has 0 amide bonds. The highest BCUT2D eigenvalue weighted by Gasteiger charge is 2.24. The zero-order valence-electron chi connectivity index (χ0n) is 21.2. The molecule has 12 heteroatoms. The molecule has 0 radical (unpaired) electrons. The van der Waals surface area contributed by atoms with Crippen molar-refractivity contribution in [1.29, 1.82) is 0 Å². The van der Waals surface area contributed by atoms with E-state index in [-0.39, 0.29) is 27.1 Å². The van der Waals surface area contributed by atoms with Crippen LogP contribution < -0.4 is 15.2 Å². The van der Waals surface area contributed by atoms with Crippen LogP contribution in [0.1, 0.15) is 12.8 Å². The summed E-state index contributed by atoms with van der Waals surface area (Å²) in [5.74, 6) is 1.35. The highest BCUT2D eigenvalue weighted by atomic mass is 35.5. The number of hydrogen-bond acceptors (Lipinski definition) is 7. The van der Waals surface area contributed by atoms with Crippen LogP contribution in [-0.2, 0) is 0 Å². The summed E-state index contributed by atoms with van der Waals surface area (Å²) in [7, 11) is 1.57. The molecule has 3 aromatic carbocycles. The normalized spacial score (nSPS) is 13.2. The molecule has 1 aliphatic heterocycles. The van der Waals surface area contributed by atoms with E-state index in [2.05, 4.69) is 15.1 Å². The standard InChI is InChI=1S/C28H22Cl3N5O4/c1-40-21-9-7-17(8-10-21)22-16-25(34-11-2-3-12-34)35(19-6-4-5-18(29)13-19)28(37)26(22)32-33-27-23(30)14-20(36(38)39)15-24(27)31/h4-10,13-16H,2-3,11-12H2,1H3. The molecule has 2 heterocycles. The quantitative estimate of drug-likeness (QED) is 0.121. The smallest absolute Gasteiger partial charge is 0.285 e. The minimum atomic E-state index is -0.610. The van der Waals surface area contributed by atoms with Gasteiger partial charge in [-0.3, -0.25) is 19.5 Å². The Morgan fingerprint density at radius 3 is 2.15 bits per heavy atom. The molecule has 0 spiro atoms. The molecule has 0 aliphatic carbocycles. The van der Waals surface area contributed by atoms with E-state index >= 15 is 0 Å². The molecule has 1 aromatic heterocycles. The summed E-state index contributed by atoms with van der Waals surface area (Å²) in [6, 6.07) is 18.4. The third-order valence-corrected chi connectivity index (χ3v) is 7.33. The Bertz CT molecular complexity index is 1660. The largest absolute Gasteiger partial charge is 0.497 e. The molecule has 0 bridgehead atoms. The molecule has 0 N–H and O–H groups in total. The lowest BCUT2D eigenvalue weighted by Crippen LogP contribution is -2.29. The average Bonchev–Trinajstić information content (AvgIpc) is 3.48. The van der Waals surface area contributed by atoms with Crippen LogP contribution in [0, 0.1) is 10.1 Å². The number of aromatic nitrogens is 1. The van der Waals surface area contributed by atoms with E-state index in [1.807, 2.05) is 18.2 Å². The molecule has 1 saturated heterocycles. The molecule has 1 fully saturated rings. The van der Waals surface area contributed by atoms with E-state index in [9.17, 15) is 14.9 Å². The van der Waals surface area contributed by atoms with Crippen molar-refractivity contribution in [1.82, 2.24) is 4.57 Å². The van der Waals surface area contributed by atoms with Crippen LogP contribution in [0.25, 0.3) is 16.8 Å². The Kier molecular flexibility index (Phi) is 8.07. The number of ether oxygens (including phenoxy) is 1. The Morgan fingerprint density at radius 1 is 0.900 bits per heavy atom. The number of methoxy groups -OCH3 is 1. The Labute approximate surface area is 244 Å². The number of non-ortho nitro benzene ring substituents is 1. The zero-order chi connectivity index (χ0) is 28.4. The first-order valence-electron chi connectivity index (χ1n) is 12.3. The van der Waals surface area contributed by atoms with Gasteiger partial charge in [-0.25, -0.2) is 0 Å². The highest BCUT2D eigenvalue weighted by Crippen LogP contribution is 2.40. The molecule has 0 unspecified atom stereocenters. The zero-order valence-corrected chi connectivity index (χ0v) is 23.5. The molecule has 1 aliphatic rings. The lowest BCUT2D eigenvalue weighted by atomic mass is 10.0. The number of nitrogens with zero attached hydrogens (tertiary/aromatic N) is 5. The maximum absolute atomic E-state index is 14.3. The maximum Gasteiger partial charge on any atom is 0.285 e. The number of hydrogen-bond donors (Lipinski definition) is 0. The first-order valence-corrected chi connectivity index (χ1v) is 13.4. The van der Waals surface area contributed by atoms with Crippen LogP contribution in [-0.4, -0.2) is 29.7 Å². The van der Waals surface area contributed by atoms with Gasteiger partial charge >= 0.3 is 0 Å². The second-order valence-corrected chi connectivity index (χ2v) is 10.3. The van der Waals surface area contributed by atoms with Gasteiger partial charge in [-0.2, -0.15) is 0 Å². The van der Waals surface area contributed by atoms with Crippen LogP contribution in [0.2, 0.25) is 15.1 Å². The molecular formula is C28H22Cl3N5O4. The number of benzene rings is 3. The van der Waals surface area contributed by atoms with Gasteiger partial charge in [-0.15, -0.1) is 10.2 Å². The van der Waals surface area contributed by atoms with E-state index in [0.717, 1.165) is 38.1 Å². The fraction of sp³-hybridized carbons (Fsp3) is 0.179. The summed E-state index contributed by atoms with van der Waals surface area (Å²) < 4.78 is 6.87. The van der Waals surface area contributed by atoms with Gasteiger partial charge in [-0.05, 0) is 54.8 Å². The van der Waals surface area contributed by atoms with Gasteiger partial charge in [-0.1, -0.05) is 53.0 Å². The van der Waals surface area contributed by atoms with Gasteiger partial charge in [0.25, 0.3) is 11.2 Å². The third-order valence-electron chi connectivity index (χ3n) is 6.52. The molecule has 40 heavy (non-hydrogen) atoms. The Balaban J connectivity index is 1.77. The van der Waals surface area contributed by atoms with Crippen LogP contribution in [0.3, 0.4) is 0 Å². The third kappa shape index (κ3) is 5.54. The lowest BCUT2D eigenvalue weighted by Gasteiger charge is -2.24. The lowest BCUT2D eigenvalue weighted by molar-refractivity contribution is -0.384. The Hall–Kier alpha value is -3.92. The van der Waals surface area contributed by atoms with Crippen LogP contribution in [0.5, 0.6) is 5.75 Å². The van der Waals surface area contributed by atoms with Gasteiger partial charge < -0.3 is 9.64 Å². The predicted octanol–water partition coefficient (Wildman–Crippen LogP) is 8.40. The van der Waals surface area contributed by atoms with Crippen LogP contribution >= 0.6 is 34.8 Å². The molecule has 0 atom stereocenters. The number of nitro benzene ring substituents is 1. The number of nitro groups is 1. The van der Waals surface area contributed by atoms with E-state index in [4.69, 9.17) is 39.5 Å². The summed E-state index contributed by atoms with van der Waals surface area (Å²) in [5.41, 5.74) is 1.13. The topological polar surface area (TPSA) is 102 Å². The van der Waals surface area contributed by atoms with Crippen LogP contribution in [0.15, 0.2) is 81.8 Å². The number of anilines is 1. The van der Waals surface area contributed by atoms with Gasteiger partial charge in [0.05, 0.1) is 27.8 Å². The molecular weight excluding hydrogens is 577 g/mol. The van der Waals surface area contributed by atoms with E-state index in [1.54, 1.807) is 48.1 Å². The molecule has 204 valence electrons. The Morgan fingerprint density at radius 2 is 1.55 bits per heavy atom. The predicted molar refractivity (Wildman–Crippen MR) is 158 cm³/mol. The molecule has 5 rings (SSSR count). The summed E-state index contributed by atoms with van der Waals surface area (Å²) >= 11 is 18.8. The van der Waals surface area contributed by atoms with Crippen molar-refractivity contribution in [3.8, 4) is 22.6 Å². The average molecular weight is 599 g/mol. The van der Waals surface area contributed by atoms with Gasteiger partial charge in [0.15, 0.2) is 5.69 Å². The highest BCUT2D eigenvalue weighted by molar-refractivity contribution is 6.39. The summed E-state index contributed by atoms with van der Waals surface area (Å²) in [6.45, 7) is 1.58. The maximum atomic E-state index is 14.3. The van der Waals surface area contributed by atoms with Crippen molar-refractivity contribution in [3.63, 3.8) is 0 Å². The van der Waals surface area contributed by atoms with Crippen molar-refractivity contribution in [2.24, 2.45) is 10.2 Å². The fourth-order valence-electron chi connectivity index (χ4n) is 4.57. The molecule has 9 nitrogen and oxygen atoms in total. The fourth-order valence-corrected chi connectivity index (χ4v) is 5.31.